The van der Waals surface area contributed by atoms with Crippen molar-refractivity contribution in [3.05, 3.63) is 92.9 Å². The molecule has 150 valence electrons. The summed E-state index contributed by atoms with van der Waals surface area (Å²) in [4.78, 5) is 15.1. The summed E-state index contributed by atoms with van der Waals surface area (Å²) in [5, 5.41) is 9.90. The molecule has 2 aliphatic rings. The Morgan fingerprint density at radius 2 is 1.87 bits per heavy atom. The van der Waals surface area contributed by atoms with Gasteiger partial charge >= 0.3 is 0 Å². The Hall–Kier alpha value is -2.87. The van der Waals surface area contributed by atoms with Crippen LogP contribution in [0.3, 0.4) is 0 Å². The van der Waals surface area contributed by atoms with E-state index in [-0.39, 0.29) is 5.56 Å². The molecule has 2 bridgehead atoms. The van der Waals surface area contributed by atoms with Gasteiger partial charge in [0, 0.05) is 54.4 Å². The number of likely N-dealkylation sites (tertiary alicyclic amines) is 1. The van der Waals surface area contributed by atoms with E-state index in [9.17, 15) is 10.1 Å². The number of nitrogens with zero attached hydrogens (tertiary/aromatic N) is 3. The van der Waals surface area contributed by atoms with Gasteiger partial charge in [-0.05, 0) is 53.8 Å². The fraction of sp³-hybridized carbons (Fsp3) is 0.280. The maximum Gasteiger partial charge on any atom is 0.250 e. The van der Waals surface area contributed by atoms with Crippen molar-refractivity contribution in [2.45, 2.75) is 25.4 Å². The second-order valence-electron chi connectivity index (χ2n) is 8.39. The highest BCUT2D eigenvalue weighted by Gasteiger charge is 2.36. The molecule has 0 spiro atoms. The van der Waals surface area contributed by atoms with Crippen LogP contribution in [0.25, 0.3) is 11.1 Å². The Morgan fingerprint density at radius 3 is 2.67 bits per heavy atom. The van der Waals surface area contributed by atoms with E-state index in [2.05, 4.69) is 17.0 Å². The van der Waals surface area contributed by atoms with Gasteiger partial charge in [0.1, 0.15) is 0 Å². The summed E-state index contributed by atoms with van der Waals surface area (Å²) in [5.41, 5.74) is 5.33. The molecule has 0 saturated carbocycles. The van der Waals surface area contributed by atoms with Crippen molar-refractivity contribution in [2.75, 3.05) is 13.1 Å². The molecule has 5 rings (SSSR count). The van der Waals surface area contributed by atoms with Crippen LogP contribution in [0.4, 0.5) is 0 Å². The van der Waals surface area contributed by atoms with E-state index in [0.29, 0.717) is 22.4 Å². The van der Waals surface area contributed by atoms with Crippen molar-refractivity contribution < 1.29 is 0 Å². The van der Waals surface area contributed by atoms with E-state index in [1.165, 1.54) is 0 Å². The average Bonchev–Trinajstić information content (AvgIpc) is 2.75. The monoisotopic (exact) mass is 415 g/mol. The number of benzene rings is 2. The highest BCUT2D eigenvalue weighted by atomic mass is 35.5. The van der Waals surface area contributed by atoms with Crippen molar-refractivity contribution in [1.29, 1.82) is 5.26 Å². The lowest BCUT2D eigenvalue weighted by Crippen LogP contribution is -2.47. The normalized spacial score (nSPS) is 20.4. The van der Waals surface area contributed by atoms with Crippen LogP contribution in [-0.4, -0.2) is 22.6 Å². The van der Waals surface area contributed by atoms with Crippen LogP contribution >= 0.6 is 11.6 Å². The van der Waals surface area contributed by atoms with Crippen LogP contribution in [0.15, 0.2) is 65.5 Å². The van der Waals surface area contributed by atoms with Crippen LogP contribution in [0.1, 0.15) is 29.2 Å². The first kappa shape index (κ1) is 19.1. The zero-order valence-electron chi connectivity index (χ0n) is 16.6. The molecule has 0 N–H and O–H groups in total. The molecular weight excluding hydrogens is 394 g/mol. The van der Waals surface area contributed by atoms with Crippen LogP contribution in [0.5, 0.6) is 0 Å². The predicted octanol–water partition coefficient (Wildman–Crippen LogP) is 4.66. The van der Waals surface area contributed by atoms with Crippen molar-refractivity contribution in [3.8, 4) is 17.2 Å². The molecule has 2 aromatic carbocycles. The van der Waals surface area contributed by atoms with E-state index in [1.54, 1.807) is 6.07 Å². The smallest absolute Gasteiger partial charge is 0.250 e. The molecule has 1 saturated heterocycles. The lowest BCUT2D eigenvalue weighted by atomic mass is 9.80. The maximum atomic E-state index is 12.7. The summed E-state index contributed by atoms with van der Waals surface area (Å²) < 4.78 is 2.00. The van der Waals surface area contributed by atoms with Gasteiger partial charge in [-0.3, -0.25) is 9.69 Å². The molecule has 1 fully saturated rings. The minimum atomic E-state index is 0.0904. The quantitative estimate of drug-likeness (QED) is 0.625. The number of hydrogen-bond acceptors (Lipinski definition) is 3. The largest absolute Gasteiger partial charge is 0.311 e. The van der Waals surface area contributed by atoms with Crippen LogP contribution in [-0.2, 0) is 13.1 Å². The molecule has 2 aliphatic heterocycles. The van der Waals surface area contributed by atoms with Crippen molar-refractivity contribution in [1.82, 2.24) is 9.47 Å². The van der Waals surface area contributed by atoms with E-state index in [4.69, 9.17) is 11.6 Å². The van der Waals surface area contributed by atoms with Gasteiger partial charge in [0.05, 0.1) is 11.6 Å². The Morgan fingerprint density at radius 1 is 1.03 bits per heavy atom. The van der Waals surface area contributed by atoms with Gasteiger partial charge in [-0.2, -0.15) is 5.26 Å². The van der Waals surface area contributed by atoms with E-state index < -0.39 is 0 Å². The molecule has 3 heterocycles. The number of rotatable bonds is 3. The number of fused-ring (bicyclic) bond motifs is 4. The molecule has 30 heavy (non-hydrogen) atoms. The van der Waals surface area contributed by atoms with Crippen LogP contribution in [0.2, 0.25) is 5.02 Å². The molecule has 0 aliphatic carbocycles. The Balaban J connectivity index is 1.49. The topological polar surface area (TPSA) is 49.0 Å². The summed E-state index contributed by atoms with van der Waals surface area (Å²) in [6.07, 6.45) is 1.11. The molecule has 4 nitrogen and oxygen atoms in total. The minimum absolute atomic E-state index is 0.0904. The highest BCUT2D eigenvalue weighted by molar-refractivity contribution is 6.30. The zero-order chi connectivity index (χ0) is 20.7. The van der Waals surface area contributed by atoms with E-state index in [1.807, 2.05) is 53.1 Å². The van der Waals surface area contributed by atoms with Gasteiger partial charge in [-0.25, -0.2) is 0 Å². The maximum absolute atomic E-state index is 12.7. The average molecular weight is 416 g/mol. The molecule has 1 aromatic heterocycles. The third-order valence-corrected chi connectivity index (χ3v) is 6.54. The first-order valence-corrected chi connectivity index (χ1v) is 10.7. The summed E-state index contributed by atoms with van der Waals surface area (Å²) in [6, 6.07) is 21.6. The Kier molecular flexibility index (Phi) is 4.94. The second-order valence-corrected chi connectivity index (χ2v) is 8.83. The third kappa shape index (κ3) is 3.56. The molecule has 0 amide bonds. The zero-order valence-corrected chi connectivity index (χ0v) is 17.3. The summed E-state index contributed by atoms with van der Waals surface area (Å²) in [5.74, 6) is 0.782. The van der Waals surface area contributed by atoms with Gasteiger partial charge in [-0.1, -0.05) is 35.9 Å². The molecule has 2 atom stereocenters. The SMILES string of the molecule is N#Cc1cccc(CN2C[C@H]3C[C@H](C2)c2c(-c4ccc(Cl)cc4)ccc(=O)n2C3)c1. The Labute approximate surface area is 181 Å². The number of piperidine rings is 1. The lowest BCUT2D eigenvalue weighted by Gasteiger charge is -2.43. The number of hydrogen-bond donors (Lipinski definition) is 0. The van der Waals surface area contributed by atoms with Gasteiger partial charge in [0.15, 0.2) is 0 Å². The lowest BCUT2D eigenvalue weighted by molar-refractivity contribution is 0.115. The number of halogens is 1. The number of nitriles is 1. The van der Waals surface area contributed by atoms with E-state index >= 15 is 0 Å². The number of aromatic nitrogens is 1. The fourth-order valence-corrected chi connectivity index (χ4v) is 5.24. The second kappa shape index (κ2) is 7.75. The van der Waals surface area contributed by atoms with Gasteiger partial charge < -0.3 is 4.57 Å². The minimum Gasteiger partial charge on any atom is -0.311 e. The van der Waals surface area contributed by atoms with Gasteiger partial charge in [0.25, 0.3) is 5.56 Å². The molecule has 0 radical (unpaired) electrons. The van der Waals surface area contributed by atoms with Gasteiger partial charge in [0.2, 0.25) is 0 Å². The predicted molar refractivity (Wildman–Crippen MR) is 118 cm³/mol. The van der Waals surface area contributed by atoms with Crippen LogP contribution in [0, 0.1) is 17.2 Å². The van der Waals surface area contributed by atoms with Crippen molar-refractivity contribution in [3.63, 3.8) is 0 Å². The molecular formula is C25H22ClN3O. The first-order valence-electron chi connectivity index (χ1n) is 10.3. The van der Waals surface area contributed by atoms with Crippen LogP contribution < -0.4 is 5.56 Å². The molecule has 3 aromatic rings. The fourth-order valence-electron chi connectivity index (χ4n) is 5.11. The molecule has 0 unspecified atom stereocenters. The summed E-state index contributed by atoms with van der Waals surface area (Å²) in [6.45, 7) is 3.48. The van der Waals surface area contributed by atoms with Crippen molar-refractivity contribution in [2.24, 2.45) is 5.92 Å². The standard InChI is InChI=1S/C25H22ClN3O/c26-22-6-4-20(5-7-22)23-8-9-24(30)29-15-19-11-21(25(23)29)16-28(14-19)13-18-3-1-2-17(10-18)12-27/h1-10,19,21H,11,13-16H2/t19-,21-/m1/s1. The van der Waals surface area contributed by atoms with E-state index in [0.717, 1.165) is 55.0 Å². The summed E-state index contributed by atoms with van der Waals surface area (Å²) >= 11 is 6.09. The Bertz CT molecular complexity index is 1190. The first-order chi connectivity index (χ1) is 14.6. The summed E-state index contributed by atoms with van der Waals surface area (Å²) in [7, 11) is 0. The number of pyridine rings is 1. The van der Waals surface area contributed by atoms with Gasteiger partial charge in [-0.15, -0.1) is 0 Å². The molecule has 5 heteroatoms. The highest BCUT2D eigenvalue weighted by Crippen LogP contribution is 2.40. The third-order valence-electron chi connectivity index (χ3n) is 6.28. The van der Waals surface area contributed by atoms with Crippen molar-refractivity contribution >= 4 is 11.6 Å².